The van der Waals surface area contributed by atoms with Crippen LogP contribution in [0.3, 0.4) is 0 Å². The van der Waals surface area contributed by atoms with Crippen molar-refractivity contribution in [2.75, 3.05) is 0 Å². The van der Waals surface area contributed by atoms with Gasteiger partial charge in [-0.3, -0.25) is 9.48 Å². The number of hydrogen-bond acceptors (Lipinski definition) is 6. The fourth-order valence-corrected chi connectivity index (χ4v) is 5.30. The maximum absolute atomic E-state index is 13.6. The fraction of sp³-hybridized carbons (Fsp3) is 0.318. The van der Waals surface area contributed by atoms with Crippen molar-refractivity contribution >= 4 is 28.7 Å². The Bertz CT molecular complexity index is 1380. The van der Waals surface area contributed by atoms with Crippen LogP contribution in [0.2, 0.25) is 4.34 Å². The van der Waals surface area contributed by atoms with Gasteiger partial charge in [-0.05, 0) is 24.5 Å². The van der Waals surface area contributed by atoms with E-state index in [2.05, 4.69) is 20.2 Å². The molecule has 0 radical (unpaired) electrons. The lowest BCUT2D eigenvalue weighted by molar-refractivity contribution is 0.0944. The largest absolute Gasteiger partial charge is 0.292 e. The van der Waals surface area contributed by atoms with Gasteiger partial charge in [-0.25, -0.2) is 27.8 Å². The van der Waals surface area contributed by atoms with E-state index in [-0.39, 0.29) is 33.3 Å². The van der Waals surface area contributed by atoms with Gasteiger partial charge in [0.2, 0.25) is 0 Å². The molecule has 0 aliphatic carbocycles. The average Bonchev–Trinajstić information content (AvgIpc) is 3.49. The van der Waals surface area contributed by atoms with E-state index in [1.54, 1.807) is 23.9 Å². The number of carbonyl (C=O) groups is 1. The Morgan fingerprint density at radius 3 is 2.88 bits per heavy atom. The van der Waals surface area contributed by atoms with Crippen LogP contribution >= 0.6 is 22.9 Å². The molecule has 0 saturated carbocycles. The molecule has 0 spiro atoms. The SMILES string of the molecule is Cn1ncc(-c2nc(C(F)F)c(Cl)s2)c1C(=O)CC1CCn2nc(-c3cccc(F)c3)nc2C1. The Morgan fingerprint density at radius 1 is 1.32 bits per heavy atom. The molecule has 0 N–H and O–H groups in total. The molecule has 12 heteroatoms. The van der Waals surface area contributed by atoms with Gasteiger partial charge >= 0.3 is 0 Å². The Kier molecular flexibility index (Phi) is 5.98. The predicted octanol–water partition coefficient (Wildman–Crippen LogP) is 5.37. The molecule has 4 aromatic rings. The van der Waals surface area contributed by atoms with Gasteiger partial charge in [0.15, 0.2) is 11.6 Å². The smallest absolute Gasteiger partial charge is 0.282 e. The Labute approximate surface area is 201 Å². The molecule has 0 amide bonds. The number of aromatic nitrogens is 6. The standard InChI is InChI=1S/C22H18ClF3N6OS/c1-31-18(14(10-27-31)22-29-17(20(25)26)19(23)34-22)15(33)7-11-5-6-32-16(8-11)28-21(30-32)12-3-2-4-13(24)9-12/h2-4,9-11,20H,5-8H2,1H3. The molecule has 1 aliphatic rings. The number of benzene rings is 1. The number of halogens is 4. The number of Topliss-reactive ketones (excluding diaryl/α,β-unsaturated/α-hetero) is 1. The Morgan fingerprint density at radius 2 is 2.15 bits per heavy atom. The van der Waals surface area contributed by atoms with Gasteiger partial charge in [-0.15, -0.1) is 11.3 Å². The first kappa shape index (κ1) is 22.7. The highest BCUT2D eigenvalue weighted by Crippen LogP contribution is 2.38. The molecule has 176 valence electrons. The molecule has 34 heavy (non-hydrogen) atoms. The lowest BCUT2D eigenvalue weighted by Gasteiger charge is -2.21. The van der Waals surface area contributed by atoms with E-state index in [1.807, 2.05) is 0 Å². The monoisotopic (exact) mass is 506 g/mol. The van der Waals surface area contributed by atoms with Crippen molar-refractivity contribution in [3.8, 4) is 22.0 Å². The van der Waals surface area contributed by atoms with Gasteiger partial charge in [0.1, 0.15) is 32.4 Å². The van der Waals surface area contributed by atoms with Gasteiger partial charge in [-0.2, -0.15) is 10.2 Å². The summed E-state index contributed by atoms with van der Waals surface area (Å²) in [5.41, 5.74) is 0.793. The lowest BCUT2D eigenvalue weighted by atomic mass is 9.91. The number of rotatable bonds is 6. The molecule has 0 saturated heterocycles. The van der Waals surface area contributed by atoms with Gasteiger partial charge in [0, 0.05) is 32.0 Å². The summed E-state index contributed by atoms with van der Waals surface area (Å²) in [6, 6.07) is 6.11. The van der Waals surface area contributed by atoms with E-state index in [9.17, 15) is 18.0 Å². The van der Waals surface area contributed by atoms with Gasteiger partial charge in [0.05, 0.1) is 11.8 Å². The van der Waals surface area contributed by atoms with Gasteiger partial charge < -0.3 is 0 Å². The van der Waals surface area contributed by atoms with Crippen LogP contribution in [0.4, 0.5) is 13.2 Å². The van der Waals surface area contributed by atoms with Crippen molar-refractivity contribution in [1.29, 1.82) is 0 Å². The van der Waals surface area contributed by atoms with E-state index in [4.69, 9.17) is 11.6 Å². The molecule has 1 aromatic carbocycles. The number of hydrogen-bond donors (Lipinski definition) is 0. The lowest BCUT2D eigenvalue weighted by Crippen LogP contribution is -2.23. The van der Waals surface area contributed by atoms with Crippen LogP contribution < -0.4 is 0 Å². The summed E-state index contributed by atoms with van der Waals surface area (Å²) in [6.45, 7) is 0.591. The third kappa shape index (κ3) is 4.25. The van der Waals surface area contributed by atoms with E-state index >= 15 is 0 Å². The summed E-state index contributed by atoms with van der Waals surface area (Å²) in [5, 5.41) is 8.86. The summed E-state index contributed by atoms with van der Waals surface area (Å²) in [7, 11) is 1.63. The fourth-order valence-electron chi connectivity index (χ4n) is 4.14. The van der Waals surface area contributed by atoms with Crippen LogP contribution in [-0.4, -0.2) is 35.3 Å². The summed E-state index contributed by atoms with van der Waals surface area (Å²) >= 11 is 6.81. The molecule has 0 bridgehead atoms. The molecule has 1 aliphatic heterocycles. The molecule has 3 aromatic heterocycles. The molecule has 4 heterocycles. The van der Waals surface area contributed by atoms with Crippen LogP contribution in [0.25, 0.3) is 22.0 Å². The van der Waals surface area contributed by atoms with Crippen molar-refractivity contribution < 1.29 is 18.0 Å². The van der Waals surface area contributed by atoms with E-state index in [1.165, 1.54) is 23.0 Å². The van der Waals surface area contributed by atoms with Crippen LogP contribution in [0.15, 0.2) is 30.5 Å². The molecular weight excluding hydrogens is 489 g/mol. The first-order valence-corrected chi connectivity index (χ1v) is 11.7. The zero-order chi connectivity index (χ0) is 24.0. The first-order chi connectivity index (χ1) is 16.3. The quantitative estimate of drug-likeness (QED) is 0.329. The number of aryl methyl sites for hydroxylation is 2. The van der Waals surface area contributed by atoms with Gasteiger partial charge in [-0.1, -0.05) is 23.7 Å². The molecule has 7 nitrogen and oxygen atoms in total. The van der Waals surface area contributed by atoms with Crippen molar-refractivity contribution in [2.24, 2.45) is 13.0 Å². The van der Waals surface area contributed by atoms with E-state index in [0.29, 0.717) is 35.6 Å². The number of alkyl halides is 2. The summed E-state index contributed by atoms with van der Waals surface area (Å²) in [5.74, 6) is 0.683. The topological polar surface area (TPSA) is 78.5 Å². The normalized spacial score (nSPS) is 15.6. The van der Waals surface area contributed by atoms with E-state index < -0.39 is 12.1 Å². The zero-order valence-corrected chi connectivity index (χ0v) is 19.5. The maximum atomic E-state index is 13.6. The third-order valence-corrected chi connectivity index (χ3v) is 7.09. The summed E-state index contributed by atoms with van der Waals surface area (Å²) in [4.78, 5) is 21.7. The number of nitrogens with zero attached hydrogens (tertiary/aromatic N) is 6. The molecule has 5 rings (SSSR count). The Balaban J connectivity index is 1.35. The second-order valence-corrected chi connectivity index (χ2v) is 9.68. The number of carbonyl (C=O) groups excluding carboxylic acids is 1. The molecule has 1 unspecified atom stereocenters. The van der Waals surface area contributed by atoms with Crippen molar-refractivity contribution in [1.82, 2.24) is 29.5 Å². The van der Waals surface area contributed by atoms with Crippen molar-refractivity contribution in [2.45, 2.75) is 32.2 Å². The van der Waals surface area contributed by atoms with Crippen molar-refractivity contribution in [3.63, 3.8) is 0 Å². The van der Waals surface area contributed by atoms with Crippen LogP contribution in [0.1, 0.15) is 41.3 Å². The van der Waals surface area contributed by atoms with Crippen LogP contribution in [0, 0.1) is 11.7 Å². The zero-order valence-electron chi connectivity index (χ0n) is 17.9. The maximum Gasteiger partial charge on any atom is 0.282 e. The second kappa shape index (κ2) is 8.95. The number of thiazole rings is 1. The number of ketones is 1. The number of fused-ring (bicyclic) bond motifs is 1. The highest BCUT2D eigenvalue weighted by molar-refractivity contribution is 7.19. The third-order valence-electron chi connectivity index (χ3n) is 5.78. The Hall–Kier alpha value is -3.05. The first-order valence-electron chi connectivity index (χ1n) is 10.5. The predicted molar refractivity (Wildman–Crippen MR) is 120 cm³/mol. The molecule has 1 atom stereocenters. The minimum absolute atomic E-state index is 0.0174. The second-order valence-electron chi connectivity index (χ2n) is 8.08. The van der Waals surface area contributed by atoms with Gasteiger partial charge in [0.25, 0.3) is 6.43 Å². The summed E-state index contributed by atoms with van der Waals surface area (Å²) < 4.78 is 42.9. The molecular formula is C22H18ClF3N6OS. The molecule has 0 fully saturated rings. The van der Waals surface area contributed by atoms with Crippen LogP contribution in [0.5, 0.6) is 0 Å². The van der Waals surface area contributed by atoms with Crippen molar-refractivity contribution in [3.05, 3.63) is 57.8 Å². The van der Waals surface area contributed by atoms with E-state index in [0.717, 1.165) is 23.6 Å². The minimum Gasteiger partial charge on any atom is -0.292 e. The average molecular weight is 507 g/mol. The summed E-state index contributed by atoms with van der Waals surface area (Å²) in [6.07, 6.45) is 0.136. The van der Waals surface area contributed by atoms with Crippen LogP contribution in [-0.2, 0) is 20.0 Å². The highest BCUT2D eigenvalue weighted by Gasteiger charge is 2.29. The highest BCUT2D eigenvalue weighted by atomic mass is 35.5. The minimum atomic E-state index is -2.80.